The molecular weight excluding hydrogens is 168 g/mol. The maximum atomic E-state index is 4.07. The van der Waals surface area contributed by atoms with E-state index in [2.05, 4.69) is 30.2 Å². The number of nitrogens with one attached hydrogen (secondary N) is 1. The number of aromatic nitrogens is 1. The molecule has 0 bridgehead atoms. The van der Waals surface area contributed by atoms with Crippen molar-refractivity contribution in [1.82, 2.24) is 4.98 Å². The van der Waals surface area contributed by atoms with Crippen LogP contribution in [-0.2, 0) is 0 Å². The van der Waals surface area contributed by atoms with Gasteiger partial charge in [0.05, 0.1) is 11.9 Å². The minimum Gasteiger partial charge on any atom is -0.382 e. The predicted molar refractivity (Wildman–Crippen MR) is 52.7 cm³/mol. The minimum absolute atomic E-state index is 0.300. The van der Waals surface area contributed by atoms with Gasteiger partial charge in [-0.25, -0.2) is 0 Å². The summed E-state index contributed by atoms with van der Waals surface area (Å²) in [7, 11) is 0. The van der Waals surface area contributed by atoms with Gasteiger partial charge in [-0.15, -0.1) is 11.8 Å². The molecule has 2 rings (SSSR count). The van der Waals surface area contributed by atoms with E-state index in [1.165, 1.54) is 10.6 Å². The lowest BCUT2D eigenvalue weighted by Crippen LogP contribution is -2.29. The van der Waals surface area contributed by atoms with Crippen LogP contribution in [0.25, 0.3) is 0 Å². The highest BCUT2D eigenvalue weighted by Crippen LogP contribution is 2.40. The van der Waals surface area contributed by atoms with Crippen LogP contribution in [0, 0.1) is 0 Å². The monoisotopic (exact) mass is 180 g/mol. The van der Waals surface area contributed by atoms with Crippen molar-refractivity contribution in [2.75, 3.05) is 11.9 Å². The molecule has 64 valence electrons. The SMILES string of the molecule is CC1(C)CNc2cnccc2S1. The molecule has 1 N–H and O–H groups in total. The molecule has 0 saturated carbocycles. The molecule has 2 heterocycles. The smallest absolute Gasteiger partial charge is 0.0665 e. The van der Waals surface area contributed by atoms with Crippen molar-refractivity contribution in [1.29, 1.82) is 0 Å². The van der Waals surface area contributed by atoms with E-state index in [1.54, 1.807) is 0 Å². The molecule has 1 aromatic heterocycles. The summed E-state index contributed by atoms with van der Waals surface area (Å²) in [5.41, 5.74) is 1.17. The lowest BCUT2D eigenvalue weighted by molar-refractivity contribution is 0.738. The van der Waals surface area contributed by atoms with Crippen molar-refractivity contribution in [2.45, 2.75) is 23.5 Å². The highest BCUT2D eigenvalue weighted by atomic mass is 32.2. The van der Waals surface area contributed by atoms with E-state index in [-0.39, 0.29) is 0 Å². The molecule has 0 aliphatic carbocycles. The van der Waals surface area contributed by atoms with Gasteiger partial charge in [0, 0.05) is 22.4 Å². The van der Waals surface area contributed by atoms with Gasteiger partial charge in [-0.3, -0.25) is 4.98 Å². The average molecular weight is 180 g/mol. The molecule has 1 aliphatic heterocycles. The third-order valence-electron chi connectivity index (χ3n) is 1.87. The van der Waals surface area contributed by atoms with Crippen molar-refractivity contribution in [2.24, 2.45) is 0 Å². The van der Waals surface area contributed by atoms with Crippen LogP contribution in [0.2, 0.25) is 0 Å². The van der Waals surface area contributed by atoms with Gasteiger partial charge >= 0.3 is 0 Å². The second-order valence-corrected chi connectivity index (χ2v) is 5.34. The first-order valence-corrected chi connectivity index (χ1v) is 4.86. The van der Waals surface area contributed by atoms with E-state index in [4.69, 9.17) is 0 Å². The van der Waals surface area contributed by atoms with E-state index < -0.39 is 0 Å². The minimum atomic E-state index is 0.300. The van der Waals surface area contributed by atoms with Crippen LogP contribution in [0.5, 0.6) is 0 Å². The molecule has 3 heteroatoms. The van der Waals surface area contributed by atoms with Gasteiger partial charge in [0.25, 0.3) is 0 Å². The first-order valence-electron chi connectivity index (χ1n) is 4.04. The maximum absolute atomic E-state index is 4.07. The number of fused-ring (bicyclic) bond motifs is 1. The Morgan fingerprint density at radius 1 is 1.58 bits per heavy atom. The number of rotatable bonds is 0. The van der Waals surface area contributed by atoms with Gasteiger partial charge in [0.15, 0.2) is 0 Å². The first-order chi connectivity index (χ1) is 5.67. The summed E-state index contributed by atoms with van der Waals surface area (Å²) in [4.78, 5) is 5.38. The Labute approximate surface area is 76.8 Å². The van der Waals surface area contributed by atoms with Gasteiger partial charge in [0.1, 0.15) is 0 Å². The Balaban J connectivity index is 2.35. The number of hydrogen-bond acceptors (Lipinski definition) is 3. The highest BCUT2D eigenvalue weighted by molar-refractivity contribution is 8.00. The molecule has 0 saturated heterocycles. The van der Waals surface area contributed by atoms with Gasteiger partial charge in [0.2, 0.25) is 0 Å². The fourth-order valence-corrected chi connectivity index (χ4v) is 2.35. The zero-order chi connectivity index (χ0) is 8.60. The van der Waals surface area contributed by atoms with Crippen molar-refractivity contribution < 1.29 is 0 Å². The zero-order valence-corrected chi connectivity index (χ0v) is 8.11. The summed E-state index contributed by atoms with van der Waals surface area (Å²) in [5, 5.41) is 3.37. The number of pyridine rings is 1. The summed E-state index contributed by atoms with van der Waals surface area (Å²) in [6.07, 6.45) is 3.73. The van der Waals surface area contributed by atoms with Crippen molar-refractivity contribution in [3.8, 4) is 0 Å². The Morgan fingerprint density at radius 2 is 2.42 bits per heavy atom. The van der Waals surface area contributed by atoms with Crippen LogP contribution in [0.4, 0.5) is 5.69 Å². The number of thioether (sulfide) groups is 1. The van der Waals surface area contributed by atoms with Crippen LogP contribution < -0.4 is 5.32 Å². The molecule has 12 heavy (non-hydrogen) atoms. The first kappa shape index (κ1) is 7.92. The topological polar surface area (TPSA) is 24.9 Å². The second kappa shape index (κ2) is 2.66. The van der Waals surface area contributed by atoms with Crippen molar-refractivity contribution >= 4 is 17.4 Å². The van der Waals surface area contributed by atoms with Gasteiger partial charge in [-0.1, -0.05) is 0 Å². The molecular formula is C9H12N2S. The Hall–Kier alpha value is -0.700. The van der Waals surface area contributed by atoms with Crippen LogP contribution in [0.15, 0.2) is 23.4 Å². The fraction of sp³-hybridized carbons (Fsp3) is 0.444. The summed E-state index contributed by atoms with van der Waals surface area (Å²) >= 11 is 1.91. The number of nitrogens with zero attached hydrogens (tertiary/aromatic N) is 1. The molecule has 0 unspecified atom stereocenters. The van der Waals surface area contributed by atoms with Gasteiger partial charge in [-0.05, 0) is 19.9 Å². The molecule has 0 radical (unpaired) electrons. The van der Waals surface area contributed by atoms with Crippen molar-refractivity contribution in [3.63, 3.8) is 0 Å². The number of anilines is 1. The highest BCUT2D eigenvalue weighted by Gasteiger charge is 2.25. The second-order valence-electron chi connectivity index (χ2n) is 3.59. The Bertz CT molecular complexity index is 296. The molecule has 0 amide bonds. The summed E-state index contributed by atoms with van der Waals surface area (Å²) < 4.78 is 0.300. The zero-order valence-electron chi connectivity index (χ0n) is 7.29. The molecule has 1 aromatic rings. The maximum Gasteiger partial charge on any atom is 0.0665 e. The standard InChI is InChI=1S/C9H12N2S/c1-9(2)6-11-7-5-10-4-3-8(7)12-9/h3-5,11H,6H2,1-2H3. The molecule has 2 nitrogen and oxygen atoms in total. The lowest BCUT2D eigenvalue weighted by Gasteiger charge is -2.31. The average Bonchev–Trinajstić information content (AvgIpc) is 2.02. The van der Waals surface area contributed by atoms with E-state index in [0.717, 1.165) is 6.54 Å². The molecule has 1 aliphatic rings. The predicted octanol–water partition coefficient (Wildman–Crippen LogP) is 2.38. The third-order valence-corrected chi connectivity index (χ3v) is 3.14. The van der Waals surface area contributed by atoms with Gasteiger partial charge < -0.3 is 5.32 Å². The third kappa shape index (κ3) is 1.41. The van der Waals surface area contributed by atoms with Crippen LogP contribution >= 0.6 is 11.8 Å². The van der Waals surface area contributed by atoms with Crippen LogP contribution in [-0.4, -0.2) is 16.3 Å². The molecule has 0 atom stereocenters. The largest absolute Gasteiger partial charge is 0.382 e. The molecule has 0 fully saturated rings. The summed E-state index contributed by atoms with van der Waals surface area (Å²) in [6, 6.07) is 2.06. The van der Waals surface area contributed by atoms with Crippen LogP contribution in [0.3, 0.4) is 0 Å². The lowest BCUT2D eigenvalue weighted by atomic mass is 10.2. The van der Waals surface area contributed by atoms with Crippen molar-refractivity contribution in [3.05, 3.63) is 18.5 Å². The normalized spacial score (nSPS) is 19.5. The fourth-order valence-electron chi connectivity index (χ4n) is 1.25. The Morgan fingerprint density at radius 3 is 3.25 bits per heavy atom. The van der Waals surface area contributed by atoms with Gasteiger partial charge in [-0.2, -0.15) is 0 Å². The van der Waals surface area contributed by atoms with E-state index >= 15 is 0 Å². The molecule has 0 aromatic carbocycles. The van der Waals surface area contributed by atoms with E-state index in [1.807, 2.05) is 24.2 Å². The van der Waals surface area contributed by atoms with E-state index in [9.17, 15) is 0 Å². The van der Waals surface area contributed by atoms with E-state index in [0.29, 0.717) is 4.75 Å². The summed E-state index contributed by atoms with van der Waals surface area (Å²) in [5.74, 6) is 0. The quantitative estimate of drug-likeness (QED) is 0.663. The Kier molecular flexibility index (Phi) is 1.76. The summed E-state index contributed by atoms with van der Waals surface area (Å²) in [6.45, 7) is 5.50. The number of hydrogen-bond donors (Lipinski definition) is 1. The van der Waals surface area contributed by atoms with Crippen LogP contribution in [0.1, 0.15) is 13.8 Å². The molecule has 0 spiro atoms.